The summed E-state index contributed by atoms with van der Waals surface area (Å²) in [6, 6.07) is 11.0. The van der Waals surface area contributed by atoms with Crippen LogP contribution in [-0.4, -0.2) is 93.1 Å². The van der Waals surface area contributed by atoms with Crippen molar-refractivity contribution in [1.82, 2.24) is 40.4 Å². The molecule has 0 unspecified atom stereocenters. The highest BCUT2D eigenvalue weighted by atomic mass is 16.5. The largest absolute Gasteiger partial charge is 0.453 e. The Hall–Kier alpha value is -6.54. The van der Waals surface area contributed by atoms with Gasteiger partial charge in [-0.05, 0) is 110 Å². The van der Waals surface area contributed by atoms with Crippen LogP contribution < -0.4 is 10.6 Å². The molecule has 0 bridgehead atoms. The van der Waals surface area contributed by atoms with Crippen LogP contribution in [0.2, 0.25) is 0 Å². The maximum atomic E-state index is 13.6. The first-order chi connectivity index (χ1) is 30.3. The lowest BCUT2D eigenvalue weighted by atomic mass is 9.95. The molecule has 2 fully saturated rings. The summed E-state index contributed by atoms with van der Waals surface area (Å²) in [7, 11) is 2.58. The number of methoxy groups -OCH3 is 2. The van der Waals surface area contributed by atoms with Gasteiger partial charge in [0.2, 0.25) is 11.8 Å². The number of hydrogen-bond acceptors (Lipinski definition) is 8. The predicted molar refractivity (Wildman–Crippen MR) is 239 cm³/mol. The predicted octanol–water partition coefficient (Wildman–Crippen LogP) is 6.68. The third-order valence-corrected chi connectivity index (χ3v) is 11.8. The number of nitrogens with one attached hydrogen (secondary N) is 4. The summed E-state index contributed by atoms with van der Waals surface area (Å²) in [5.41, 5.74) is 7.79. The number of likely N-dealkylation sites (tertiary alicyclic amines) is 2. The third kappa shape index (κ3) is 11.3. The number of alkyl carbamates (subject to hydrolysis) is 2. The second-order valence-corrected chi connectivity index (χ2v) is 17.0. The lowest BCUT2D eigenvalue weighted by Gasteiger charge is -2.29. The van der Waals surface area contributed by atoms with Gasteiger partial charge in [0.1, 0.15) is 35.1 Å². The van der Waals surface area contributed by atoms with Gasteiger partial charge in [-0.3, -0.25) is 9.59 Å². The number of aromatic amines is 2. The Labute approximate surface area is 370 Å². The molecule has 4 N–H and O–H groups in total. The minimum Gasteiger partial charge on any atom is -0.453 e. The first-order valence-electron chi connectivity index (χ1n) is 21.9. The fourth-order valence-corrected chi connectivity index (χ4v) is 8.30. The molecule has 4 amide bonds. The Morgan fingerprint density at radius 2 is 1.21 bits per heavy atom. The zero-order valence-corrected chi connectivity index (χ0v) is 37.7. The van der Waals surface area contributed by atoms with Crippen molar-refractivity contribution in [2.24, 2.45) is 11.8 Å². The van der Waals surface area contributed by atoms with Crippen LogP contribution in [-0.2, 0) is 38.3 Å². The normalized spacial score (nSPS) is 16.8. The van der Waals surface area contributed by atoms with Crippen LogP contribution in [0, 0.1) is 42.4 Å². The number of hydrogen-bond donors (Lipinski definition) is 4. The molecule has 2 saturated heterocycles. The van der Waals surface area contributed by atoms with Gasteiger partial charge in [-0.15, -0.1) is 0 Å². The highest BCUT2D eigenvalue weighted by molar-refractivity contribution is 5.87. The van der Waals surface area contributed by atoms with E-state index in [-0.39, 0.29) is 35.7 Å². The van der Waals surface area contributed by atoms with Gasteiger partial charge in [-0.25, -0.2) is 19.6 Å². The van der Waals surface area contributed by atoms with Crippen molar-refractivity contribution in [2.45, 2.75) is 111 Å². The maximum absolute atomic E-state index is 13.6. The van der Waals surface area contributed by atoms with Gasteiger partial charge in [0.25, 0.3) is 0 Å². The number of benzene rings is 2. The molecule has 4 aromatic rings. The van der Waals surface area contributed by atoms with Crippen molar-refractivity contribution in [2.75, 3.05) is 27.3 Å². The van der Waals surface area contributed by atoms with Crippen LogP contribution in [0.5, 0.6) is 0 Å². The molecule has 2 aromatic heterocycles. The van der Waals surface area contributed by atoms with Crippen LogP contribution >= 0.6 is 0 Å². The Balaban J connectivity index is 1.13. The Kier molecular flexibility index (Phi) is 15.3. The average Bonchev–Trinajstić information content (AvgIpc) is 4.12. The summed E-state index contributed by atoms with van der Waals surface area (Å²) in [6.45, 7) is 12.9. The number of carbonyl (C=O) groups is 4. The molecule has 332 valence electrons. The molecular weight excluding hydrogens is 797 g/mol. The highest BCUT2D eigenvalue weighted by Gasteiger charge is 2.39. The molecule has 14 heteroatoms. The highest BCUT2D eigenvalue weighted by Crippen LogP contribution is 2.33. The molecule has 2 aromatic carbocycles. The molecule has 0 spiro atoms. The summed E-state index contributed by atoms with van der Waals surface area (Å²) in [6.07, 6.45) is 7.76. The molecule has 6 rings (SSSR count). The summed E-state index contributed by atoms with van der Waals surface area (Å²) in [5, 5.41) is 5.39. The van der Waals surface area contributed by atoms with E-state index in [1.165, 1.54) is 14.2 Å². The zero-order chi connectivity index (χ0) is 45.2. The number of rotatable bonds is 12. The van der Waals surface area contributed by atoms with E-state index < -0.39 is 24.3 Å². The summed E-state index contributed by atoms with van der Waals surface area (Å²) >= 11 is 0. The number of imidazole rings is 2. The molecule has 2 aliphatic heterocycles. The van der Waals surface area contributed by atoms with Crippen molar-refractivity contribution in [1.29, 1.82) is 0 Å². The van der Waals surface area contributed by atoms with E-state index in [2.05, 4.69) is 104 Å². The summed E-state index contributed by atoms with van der Waals surface area (Å²) < 4.78 is 9.54. The number of amides is 4. The van der Waals surface area contributed by atoms with Gasteiger partial charge >= 0.3 is 12.2 Å². The van der Waals surface area contributed by atoms with E-state index >= 15 is 0 Å². The van der Waals surface area contributed by atoms with Gasteiger partial charge < -0.3 is 39.9 Å². The van der Waals surface area contributed by atoms with Crippen molar-refractivity contribution in [3.05, 3.63) is 105 Å². The smallest absolute Gasteiger partial charge is 0.407 e. The second kappa shape index (κ2) is 21.0. The first-order valence-corrected chi connectivity index (χ1v) is 21.9. The van der Waals surface area contributed by atoms with E-state index in [0.717, 1.165) is 78.3 Å². The van der Waals surface area contributed by atoms with E-state index in [0.29, 0.717) is 36.1 Å². The number of nitrogens with zero attached hydrogens (tertiary/aromatic N) is 4. The molecule has 4 heterocycles. The number of H-pyrrole nitrogens is 2. The van der Waals surface area contributed by atoms with Crippen LogP contribution in [0.25, 0.3) is 0 Å². The number of aryl methyl sites for hydroxylation is 4. The monoisotopic (exact) mass is 856 g/mol. The molecule has 4 atom stereocenters. The first kappa shape index (κ1) is 46.0. The van der Waals surface area contributed by atoms with Crippen molar-refractivity contribution in [3.63, 3.8) is 0 Å². The van der Waals surface area contributed by atoms with E-state index in [1.54, 1.807) is 22.2 Å². The van der Waals surface area contributed by atoms with Gasteiger partial charge in [0.15, 0.2) is 0 Å². The average molecular weight is 857 g/mol. The standard InChI is InChI=1S/C49H60N8O6/c1-9-34-18-15-33(27-37(34)21-23-39-29-51-45(53-39)41-13-11-25-57(41)47(59)43(31(4)5)55-49(61)63-8)16-19-35-17-14-32(6)26-36(35)20-22-38-28-50-44(52-38)40-12-10-24-56(40)46(58)42(30(2)3)54-48(60)62-7/h14-15,17-18,26-31,40-43H,9-13,16,19,24-25H2,1-8H3,(H,50,52)(H,51,53)(H,54,60)(H,55,61)/t40-,41-,42-,43-/m0/s1. The molecule has 0 saturated carbocycles. The minimum atomic E-state index is -0.704. The Morgan fingerprint density at radius 1 is 0.714 bits per heavy atom. The van der Waals surface area contributed by atoms with Gasteiger partial charge in [-0.2, -0.15) is 0 Å². The van der Waals surface area contributed by atoms with Gasteiger partial charge in [0.05, 0.1) is 38.7 Å². The van der Waals surface area contributed by atoms with E-state index in [4.69, 9.17) is 9.47 Å². The lowest BCUT2D eigenvalue weighted by Crippen LogP contribution is -2.51. The SMILES string of the molecule is CCc1ccc(CCc2ccc(C)cc2C#Cc2cnc([C@@H]3CCCN3C(=O)[C@@H](NC(=O)OC)C(C)C)[nH]2)cc1C#Cc1cnc([C@@H]2CCCN2C(=O)[C@@H](NC(=O)OC)C(C)C)[nH]1. The molecule has 2 aliphatic rings. The van der Waals surface area contributed by atoms with Crippen LogP contribution in [0.3, 0.4) is 0 Å². The number of aromatic nitrogens is 4. The molecular formula is C49H60N8O6. The molecule has 0 radical (unpaired) electrons. The second-order valence-electron chi connectivity index (χ2n) is 17.0. The van der Waals surface area contributed by atoms with E-state index in [9.17, 15) is 19.2 Å². The quantitative estimate of drug-likeness (QED) is 0.114. The lowest BCUT2D eigenvalue weighted by molar-refractivity contribution is -0.136. The summed E-state index contributed by atoms with van der Waals surface area (Å²) in [4.78, 5) is 70.7. The Morgan fingerprint density at radius 3 is 1.68 bits per heavy atom. The van der Waals surface area contributed by atoms with Crippen molar-refractivity contribution in [3.8, 4) is 23.7 Å². The fourth-order valence-electron chi connectivity index (χ4n) is 8.30. The van der Waals surface area contributed by atoms with Crippen LogP contribution in [0.4, 0.5) is 9.59 Å². The van der Waals surface area contributed by atoms with Crippen molar-refractivity contribution < 1.29 is 28.7 Å². The zero-order valence-electron chi connectivity index (χ0n) is 37.7. The molecule has 0 aliphatic carbocycles. The summed E-state index contributed by atoms with van der Waals surface area (Å²) in [5.74, 6) is 14.1. The van der Waals surface area contributed by atoms with Crippen LogP contribution in [0.15, 0.2) is 48.8 Å². The third-order valence-electron chi connectivity index (χ3n) is 11.8. The number of carbonyl (C=O) groups excluding carboxylic acids is 4. The van der Waals surface area contributed by atoms with Crippen molar-refractivity contribution >= 4 is 24.0 Å². The van der Waals surface area contributed by atoms with Gasteiger partial charge in [0, 0.05) is 24.2 Å². The van der Waals surface area contributed by atoms with Crippen LogP contribution in [0.1, 0.15) is 129 Å². The molecule has 63 heavy (non-hydrogen) atoms. The van der Waals surface area contributed by atoms with Gasteiger partial charge in [-0.1, -0.05) is 70.7 Å². The van der Waals surface area contributed by atoms with E-state index in [1.807, 2.05) is 27.7 Å². The molecule has 14 nitrogen and oxygen atoms in total. The topological polar surface area (TPSA) is 175 Å². The Bertz CT molecular complexity index is 2410. The maximum Gasteiger partial charge on any atom is 0.407 e. The minimum absolute atomic E-state index is 0.117. The number of ether oxygens (including phenoxy) is 2. The fraction of sp³-hybridized carbons (Fsp3) is 0.469.